The minimum Gasteiger partial charge on any atom is -0.490 e. The van der Waals surface area contributed by atoms with Gasteiger partial charge in [0.15, 0.2) is 0 Å². The molecule has 14 heavy (non-hydrogen) atoms. The first-order chi connectivity index (χ1) is 6.81. The fourth-order valence-corrected chi connectivity index (χ4v) is 1.95. The lowest BCUT2D eigenvalue weighted by molar-refractivity contribution is 0.278. The molecule has 1 N–H and O–H groups in total. The minimum atomic E-state index is 0.173. The Balaban J connectivity index is 2.32. The Morgan fingerprint density at radius 3 is 3.14 bits per heavy atom. The van der Waals surface area contributed by atoms with Crippen molar-refractivity contribution in [2.45, 2.75) is 0 Å². The van der Waals surface area contributed by atoms with Crippen LogP contribution in [0.4, 0.5) is 5.69 Å². The summed E-state index contributed by atoms with van der Waals surface area (Å²) in [4.78, 5) is 2.13. The molecule has 1 heterocycles. The van der Waals surface area contributed by atoms with Crippen LogP contribution in [0.15, 0.2) is 22.7 Å². The number of hydrogen-bond donors (Lipinski definition) is 1. The van der Waals surface area contributed by atoms with Gasteiger partial charge in [-0.15, -0.1) is 0 Å². The third-order valence-electron chi connectivity index (χ3n) is 2.25. The van der Waals surface area contributed by atoms with Crippen molar-refractivity contribution >= 4 is 21.6 Å². The summed E-state index contributed by atoms with van der Waals surface area (Å²) in [6.45, 7) is 2.36. The predicted octanol–water partition coefficient (Wildman–Crippen LogP) is 1.64. The van der Waals surface area contributed by atoms with Crippen molar-refractivity contribution in [3.8, 4) is 5.75 Å². The van der Waals surface area contributed by atoms with Crippen LogP contribution in [-0.2, 0) is 0 Å². The number of halogens is 1. The largest absolute Gasteiger partial charge is 0.490 e. The van der Waals surface area contributed by atoms with Gasteiger partial charge in [0.25, 0.3) is 0 Å². The fourth-order valence-electron chi connectivity index (χ4n) is 1.60. The van der Waals surface area contributed by atoms with Crippen molar-refractivity contribution in [1.82, 2.24) is 0 Å². The average molecular weight is 258 g/mol. The predicted molar refractivity (Wildman–Crippen MR) is 58.9 cm³/mol. The summed E-state index contributed by atoms with van der Waals surface area (Å²) in [6, 6.07) is 5.92. The van der Waals surface area contributed by atoms with E-state index in [-0.39, 0.29) is 6.61 Å². The van der Waals surface area contributed by atoms with Gasteiger partial charge in [0, 0.05) is 11.0 Å². The van der Waals surface area contributed by atoms with Gasteiger partial charge in [-0.05, 0) is 18.2 Å². The van der Waals surface area contributed by atoms with Crippen molar-refractivity contribution < 1.29 is 9.84 Å². The maximum absolute atomic E-state index is 8.92. The van der Waals surface area contributed by atoms with Crippen LogP contribution in [0.2, 0.25) is 0 Å². The van der Waals surface area contributed by atoms with E-state index in [2.05, 4.69) is 20.8 Å². The van der Waals surface area contributed by atoms with E-state index in [9.17, 15) is 0 Å². The monoisotopic (exact) mass is 257 g/mol. The van der Waals surface area contributed by atoms with Crippen molar-refractivity contribution in [3.63, 3.8) is 0 Å². The van der Waals surface area contributed by atoms with Crippen LogP contribution in [-0.4, -0.2) is 31.4 Å². The van der Waals surface area contributed by atoms with Gasteiger partial charge in [0.1, 0.15) is 12.4 Å². The van der Waals surface area contributed by atoms with Crippen LogP contribution in [0.25, 0.3) is 0 Å². The number of aliphatic hydroxyl groups is 1. The molecule has 0 aliphatic carbocycles. The molecule has 1 aliphatic rings. The Bertz CT molecular complexity index is 330. The summed E-state index contributed by atoms with van der Waals surface area (Å²) >= 11 is 3.42. The van der Waals surface area contributed by atoms with Crippen LogP contribution in [0.5, 0.6) is 5.75 Å². The Morgan fingerprint density at radius 1 is 1.50 bits per heavy atom. The van der Waals surface area contributed by atoms with E-state index in [4.69, 9.17) is 9.84 Å². The van der Waals surface area contributed by atoms with Gasteiger partial charge in [-0.1, -0.05) is 15.9 Å². The molecule has 0 saturated carbocycles. The Morgan fingerprint density at radius 2 is 2.36 bits per heavy atom. The molecule has 1 aromatic rings. The molecule has 0 amide bonds. The maximum atomic E-state index is 8.92. The molecule has 76 valence electrons. The van der Waals surface area contributed by atoms with Gasteiger partial charge in [-0.2, -0.15) is 0 Å². The molecular formula is C10H12BrNO2. The van der Waals surface area contributed by atoms with Gasteiger partial charge in [0.05, 0.1) is 18.8 Å². The zero-order valence-electron chi connectivity index (χ0n) is 7.74. The third kappa shape index (κ3) is 1.86. The lowest BCUT2D eigenvalue weighted by Crippen LogP contribution is -2.34. The number of rotatable bonds is 2. The Labute approximate surface area is 91.4 Å². The second-order valence-electron chi connectivity index (χ2n) is 3.17. The van der Waals surface area contributed by atoms with Gasteiger partial charge in [-0.25, -0.2) is 0 Å². The van der Waals surface area contributed by atoms with Gasteiger partial charge in [0.2, 0.25) is 0 Å². The zero-order chi connectivity index (χ0) is 9.97. The standard InChI is InChI=1S/C10H12BrNO2/c11-8-1-2-10-9(7-8)12(3-5-13)4-6-14-10/h1-2,7,13H,3-6H2. The quantitative estimate of drug-likeness (QED) is 0.875. The van der Waals surface area contributed by atoms with Crippen LogP contribution < -0.4 is 9.64 Å². The van der Waals surface area contributed by atoms with Crippen molar-refractivity contribution in [1.29, 1.82) is 0 Å². The first-order valence-electron chi connectivity index (χ1n) is 4.59. The second kappa shape index (κ2) is 4.19. The molecule has 1 aromatic carbocycles. The highest BCUT2D eigenvalue weighted by Gasteiger charge is 2.17. The normalized spacial score (nSPS) is 14.9. The van der Waals surface area contributed by atoms with E-state index in [1.165, 1.54) is 0 Å². The number of fused-ring (bicyclic) bond motifs is 1. The van der Waals surface area contributed by atoms with Crippen LogP contribution >= 0.6 is 15.9 Å². The summed E-state index contributed by atoms with van der Waals surface area (Å²) in [6.07, 6.45) is 0. The van der Waals surface area contributed by atoms with Gasteiger partial charge >= 0.3 is 0 Å². The number of β-amino-alcohol motifs (C(OH)–C–C–N with tert-alkyl or cyclic N) is 1. The van der Waals surface area contributed by atoms with E-state index in [0.29, 0.717) is 13.2 Å². The van der Waals surface area contributed by atoms with E-state index in [1.54, 1.807) is 0 Å². The van der Waals surface area contributed by atoms with Gasteiger partial charge < -0.3 is 14.7 Å². The topological polar surface area (TPSA) is 32.7 Å². The van der Waals surface area contributed by atoms with E-state index in [0.717, 1.165) is 22.5 Å². The number of hydrogen-bond acceptors (Lipinski definition) is 3. The maximum Gasteiger partial charge on any atom is 0.142 e. The molecule has 4 heteroatoms. The SMILES string of the molecule is OCCN1CCOc2ccc(Br)cc21. The van der Waals surface area contributed by atoms with Crippen molar-refractivity contribution in [3.05, 3.63) is 22.7 Å². The molecular weight excluding hydrogens is 246 g/mol. The first-order valence-corrected chi connectivity index (χ1v) is 5.39. The number of benzene rings is 1. The number of nitrogens with zero attached hydrogens (tertiary/aromatic N) is 1. The molecule has 3 nitrogen and oxygen atoms in total. The first kappa shape index (κ1) is 9.80. The second-order valence-corrected chi connectivity index (χ2v) is 4.09. The van der Waals surface area contributed by atoms with Crippen LogP contribution in [0.1, 0.15) is 0 Å². The average Bonchev–Trinajstić information content (AvgIpc) is 2.19. The highest BCUT2D eigenvalue weighted by molar-refractivity contribution is 9.10. The molecule has 0 aromatic heterocycles. The Hall–Kier alpha value is -0.740. The molecule has 1 aliphatic heterocycles. The molecule has 0 saturated heterocycles. The highest BCUT2D eigenvalue weighted by Crippen LogP contribution is 2.33. The summed E-state index contributed by atoms with van der Waals surface area (Å²) in [7, 11) is 0. The fraction of sp³-hybridized carbons (Fsp3) is 0.400. The van der Waals surface area contributed by atoms with Gasteiger partial charge in [-0.3, -0.25) is 0 Å². The molecule has 0 radical (unpaired) electrons. The number of ether oxygens (including phenoxy) is 1. The number of anilines is 1. The summed E-state index contributed by atoms with van der Waals surface area (Å²) < 4.78 is 6.54. The minimum absolute atomic E-state index is 0.173. The Kier molecular flexibility index (Phi) is 2.93. The van der Waals surface area contributed by atoms with E-state index >= 15 is 0 Å². The zero-order valence-corrected chi connectivity index (χ0v) is 9.33. The van der Waals surface area contributed by atoms with Crippen molar-refractivity contribution in [2.75, 3.05) is 31.2 Å². The molecule has 0 unspecified atom stereocenters. The molecule has 0 spiro atoms. The molecule has 0 atom stereocenters. The summed E-state index contributed by atoms with van der Waals surface area (Å²) in [5.41, 5.74) is 1.06. The summed E-state index contributed by atoms with van der Waals surface area (Å²) in [5.74, 6) is 0.896. The summed E-state index contributed by atoms with van der Waals surface area (Å²) in [5, 5.41) is 8.92. The molecule has 0 bridgehead atoms. The van der Waals surface area contributed by atoms with E-state index in [1.807, 2.05) is 18.2 Å². The van der Waals surface area contributed by atoms with Crippen molar-refractivity contribution in [2.24, 2.45) is 0 Å². The molecule has 0 fully saturated rings. The van der Waals surface area contributed by atoms with E-state index < -0.39 is 0 Å². The lowest BCUT2D eigenvalue weighted by Gasteiger charge is -2.30. The smallest absolute Gasteiger partial charge is 0.142 e. The van der Waals surface area contributed by atoms with Crippen LogP contribution in [0.3, 0.4) is 0 Å². The molecule has 2 rings (SSSR count). The lowest BCUT2D eigenvalue weighted by atomic mass is 10.2. The number of aliphatic hydroxyl groups excluding tert-OH is 1. The van der Waals surface area contributed by atoms with Crippen LogP contribution in [0, 0.1) is 0 Å². The third-order valence-corrected chi connectivity index (χ3v) is 2.74. The highest BCUT2D eigenvalue weighted by atomic mass is 79.9.